The van der Waals surface area contributed by atoms with Crippen molar-refractivity contribution in [1.29, 1.82) is 0 Å². The molecule has 0 saturated carbocycles. The number of carbonyl (C=O) groups excluding carboxylic acids is 1. The van der Waals surface area contributed by atoms with E-state index in [1.165, 1.54) is 167 Å². The quantitative estimate of drug-likeness (QED) is 0.0566. The van der Waals surface area contributed by atoms with Gasteiger partial charge in [-0.05, 0) is 19.3 Å². The molecule has 0 unspecified atom stereocenters. The highest BCUT2D eigenvalue weighted by atomic mass is 16.2. The molecule has 0 aromatic heterocycles. The summed E-state index contributed by atoms with van der Waals surface area (Å²) in [6.45, 7) is 5.62. The highest BCUT2D eigenvalue weighted by molar-refractivity contribution is 5.74. The minimum absolute atomic E-state index is 0.234. The molecular weight excluding hydrogens is 452 g/mol. The van der Waals surface area contributed by atoms with Crippen LogP contribution in [0.4, 0.5) is 0 Å². The van der Waals surface area contributed by atoms with E-state index >= 15 is 0 Å². The molecule has 0 spiro atoms. The molecule has 0 rings (SSSR count). The van der Waals surface area contributed by atoms with Crippen molar-refractivity contribution in [3.05, 3.63) is 0 Å². The van der Waals surface area contributed by atoms with E-state index in [1.807, 2.05) is 0 Å². The van der Waals surface area contributed by atoms with Gasteiger partial charge in [-0.1, -0.05) is 168 Å². The van der Waals surface area contributed by atoms with Crippen molar-refractivity contribution in [3.63, 3.8) is 0 Å². The Labute approximate surface area is 234 Å². The molecule has 0 aromatic carbocycles. The molecule has 0 aliphatic heterocycles. The summed E-state index contributed by atoms with van der Waals surface area (Å²) in [7, 11) is 4.28. The normalized spacial score (nSPS) is 11.8. The Kier molecular flexibility index (Phi) is 28.0. The monoisotopic (exact) mass is 524 g/mol. The molecule has 3 nitrogen and oxygen atoms in total. The third kappa shape index (κ3) is 29.8. The predicted octanol–water partition coefficient (Wildman–Crippen LogP) is 11.1. The van der Waals surface area contributed by atoms with Crippen LogP contribution in [0.3, 0.4) is 0 Å². The van der Waals surface area contributed by atoms with E-state index in [0.29, 0.717) is 11.0 Å². The Morgan fingerprint density at radius 1 is 0.432 bits per heavy atom. The third-order valence-corrected chi connectivity index (χ3v) is 8.01. The first-order chi connectivity index (χ1) is 18.0. The van der Waals surface area contributed by atoms with Gasteiger partial charge < -0.3 is 0 Å². The number of unbranched alkanes of at least 4 members (excludes halogenated alkanes) is 25. The maximum absolute atomic E-state index is 12.4. The van der Waals surface area contributed by atoms with Gasteiger partial charge in [0.05, 0.1) is 14.1 Å². The lowest BCUT2D eigenvalue weighted by Gasteiger charge is -2.29. The second kappa shape index (κ2) is 28.4. The molecule has 0 aliphatic carbocycles. The summed E-state index contributed by atoms with van der Waals surface area (Å²) in [5, 5.41) is 0. The van der Waals surface area contributed by atoms with Gasteiger partial charge in [0.1, 0.15) is 6.54 Å². The maximum atomic E-state index is 12.4. The average molecular weight is 524 g/mol. The van der Waals surface area contributed by atoms with Gasteiger partial charge in [-0.25, -0.2) is 10.0 Å². The van der Waals surface area contributed by atoms with Gasteiger partial charge in [0.25, 0.3) is 5.91 Å². The summed E-state index contributed by atoms with van der Waals surface area (Å²) in [6, 6.07) is 0. The van der Waals surface area contributed by atoms with Crippen LogP contribution in [-0.4, -0.2) is 31.1 Å². The first-order valence-electron chi connectivity index (χ1n) is 17.2. The Morgan fingerprint density at radius 2 is 0.703 bits per heavy atom. The van der Waals surface area contributed by atoms with Gasteiger partial charge in [-0.15, -0.1) is 0 Å². The van der Waals surface area contributed by atoms with Crippen LogP contribution in [0.15, 0.2) is 0 Å². The fourth-order valence-corrected chi connectivity index (χ4v) is 5.45. The van der Waals surface area contributed by atoms with Crippen LogP contribution < -0.4 is 5.43 Å². The second-order valence-corrected chi connectivity index (χ2v) is 12.5. The van der Waals surface area contributed by atoms with Crippen molar-refractivity contribution < 1.29 is 9.39 Å². The van der Waals surface area contributed by atoms with E-state index in [1.54, 1.807) is 0 Å². The number of hydrogen-bond donors (Lipinski definition) is 1. The number of nitrogens with zero attached hydrogens (tertiary/aromatic N) is 1. The summed E-state index contributed by atoms with van der Waals surface area (Å²) in [5.74, 6) is 0.234. The van der Waals surface area contributed by atoms with Crippen LogP contribution in [0.1, 0.15) is 194 Å². The topological polar surface area (TPSA) is 29.1 Å². The standard InChI is InChI=1S/C34H70N2O/c1-5-7-9-11-13-15-17-18-19-20-21-22-23-24-26-28-30-32-34(37)35-36(3,4)33-31-29-27-25-16-14-12-10-8-6-2/h5-33H2,1-4H3/p+1. The molecule has 0 aromatic rings. The average Bonchev–Trinajstić information content (AvgIpc) is 2.86. The summed E-state index contributed by atoms with van der Waals surface area (Å²) < 4.78 is 0.634. The highest BCUT2D eigenvalue weighted by Crippen LogP contribution is 2.15. The smallest absolute Gasteiger partial charge is 0.264 e. The molecule has 0 atom stereocenters. The van der Waals surface area contributed by atoms with Crippen LogP contribution in [0.5, 0.6) is 0 Å². The summed E-state index contributed by atoms with van der Waals surface area (Å²) in [5.41, 5.74) is 3.24. The molecule has 0 bridgehead atoms. The zero-order valence-electron chi connectivity index (χ0n) is 26.4. The molecule has 1 N–H and O–H groups in total. The molecule has 0 radical (unpaired) electrons. The summed E-state index contributed by atoms with van der Waals surface area (Å²) in [6.07, 6.45) is 37.8. The number of amides is 1. The lowest BCUT2D eigenvalue weighted by Crippen LogP contribution is -2.54. The van der Waals surface area contributed by atoms with Crippen molar-refractivity contribution in [3.8, 4) is 0 Å². The molecule has 1 amide bonds. The van der Waals surface area contributed by atoms with Gasteiger partial charge in [0, 0.05) is 6.42 Å². The van der Waals surface area contributed by atoms with E-state index in [9.17, 15) is 4.79 Å². The SMILES string of the molecule is CCCCCCCCCCCCCCCCCCCC(=O)N[N+](C)(C)CCCCCCCCCCCC. The fourth-order valence-electron chi connectivity index (χ4n) is 5.45. The zero-order chi connectivity index (χ0) is 27.3. The number of quaternary nitrogens is 1. The first-order valence-corrected chi connectivity index (χ1v) is 17.2. The molecule has 0 saturated heterocycles. The van der Waals surface area contributed by atoms with Gasteiger partial charge in [0.2, 0.25) is 0 Å². The molecule has 37 heavy (non-hydrogen) atoms. The maximum Gasteiger partial charge on any atom is 0.264 e. The molecule has 222 valence electrons. The number of hydrogen-bond acceptors (Lipinski definition) is 1. The van der Waals surface area contributed by atoms with E-state index in [4.69, 9.17) is 0 Å². The van der Waals surface area contributed by atoms with Crippen molar-refractivity contribution >= 4 is 5.91 Å². The van der Waals surface area contributed by atoms with E-state index in [-0.39, 0.29) is 5.91 Å². The molecule has 0 fully saturated rings. The van der Waals surface area contributed by atoms with Crippen LogP contribution >= 0.6 is 0 Å². The van der Waals surface area contributed by atoms with Crippen molar-refractivity contribution in [2.45, 2.75) is 194 Å². The Balaban J connectivity index is 3.39. The molecular formula is C34H71N2O+. The fraction of sp³-hybridized carbons (Fsp3) is 0.971. The Bertz CT molecular complexity index is 463. The number of nitrogens with one attached hydrogen (secondary N) is 1. The van der Waals surface area contributed by atoms with Gasteiger partial charge >= 0.3 is 0 Å². The second-order valence-electron chi connectivity index (χ2n) is 12.5. The molecule has 3 heteroatoms. The van der Waals surface area contributed by atoms with E-state index in [2.05, 4.69) is 33.4 Å². The molecule has 0 aliphatic rings. The summed E-state index contributed by atoms with van der Waals surface area (Å²) in [4.78, 5) is 12.4. The largest absolute Gasteiger partial charge is 0.270 e. The number of rotatable bonds is 30. The van der Waals surface area contributed by atoms with Crippen LogP contribution in [0.2, 0.25) is 0 Å². The van der Waals surface area contributed by atoms with E-state index in [0.717, 1.165) is 13.0 Å². The van der Waals surface area contributed by atoms with Gasteiger partial charge in [0.15, 0.2) is 0 Å². The Hall–Kier alpha value is -0.570. The zero-order valence-corrected chi connectivity index (χ0v) is 26.4. The summed E-state index contributed by atoms with van der Waals surface area (Å²) >= 11 is 0. The van der Waals surface area contributed by atoms with Crippen LogP contribution in [-0.2, 0) is 4.79 Å². The van der Waals surface area contributed by atoms with Gasteiger partial charge in [-0.3, -0.25) is 4.79 Å². The predicted molar refractivity (Wildman–Crippen MR) is 166 cm³/mol. The van der Waals surface area contributed by atoms with Crippen molar-refractivity contribution in [2.24, 2.45) is 0 Å². The number of carbonyl (C=O) groups is 1. The first kappa shape index (κ1) is 36.4. The lowest BCUT2D eigenvalue weighted by atomic mass is 10.0. The van der Waals surface area contributed by atoms with Crippen LogP contribution in [0.25, 0.3) is 0 Å². The highest BCUT2D eigenvalue weighted by Gasteiger charge is 2.17. The van der Waals surface area contributed by atoms with E-state index < -0.39 is 0 Å². The van der Waals surface area contributed by atoms with Crippen LogP contribution in [0, 0.1) is 0 Å². The van der Waals surface area contributed by atoms with Crippen molar-refractivity contribution in [2.75, 3.05) is 20.6 Å². The minimum atomic E-state index is 0.234. The minimum Gasteiger partial charge on any atom is -0.270 e. The third-order valence-electron chi connectivity index (χ3n) is 8.01. The van der Waals surface area contributed by atoms with Gasteiger partial charge in [-0.2, -0.15) is 0 Å². The lowest BCUT2D eigenvalue weighted by molar-refractivity contribution is -0.925. The van der Waals surface area contributed by atoms with Crippen molar-refractivity contribution in [1.82, 2.24) is 5.43 Å². The molecule has 0 heterocycles. The Morgan fingerprint density at radius 3 is 1.03 bits per heavy atom.